The molecule has 3 bridgehead atoms. The largest absolute Gasteiger partial charge is 0.384 e. The zero-order chi connectivity index (χ0) is 30.6. The van der Waals surface area contributed by atoms with Crippen molar-refractivity contribution in [1.29, 1.82) is 0 Å². The van der Waals surface area contributed by atoms with E-state index in [1.165, 1.54) is 31.3 Å². The lowest BCUT2D eigenvalue weighted by atomic mass is 9.54. The van der Waals surface area contributed by atoms with Crippen molar-refractivity contribution in [2.24, 2.45) is 11.3 Å². The summed E-state index contributed by atoms with van der Waals surface area (Å²) < 4.78 is 0. The van der Waals surface area contributed by atoms with Crippen LogP contribution in [0.1, 0.15) is 76.8 Å². The molecule has 8 rings (SSSR count). The Labute approximate surface area is 266 Å². The lowest BCUT2D eigenvalue weighted by Gasteiger charge is -2.58. The number of piperidine rings is 1. The van der Waals surface area contributed by atoms with E-state index in [0.29, 0.717) is 18.4 Å². The number of benzene rings is 1. The van der Waals surface area contributed by atoms with Gasteiger partial charge in [-0.2, -0.15) is 0 Å². The minimum atomic E-state index is -0.966. The lowest BCUT2D eigenvalue weighted by Crippen LogP contribution is -2.65. The summed E-state index contributed by atoms with van der Waals surface area (Å²) in [4.78, 5) is 26.3. The third-order valence-corrected chi connectivity index (χ3v) is 11.6. The first kappa shape index (κ1) is 29.2. The highest BCUT2D eigenvalue weighted by atomic mass is 16.3. The van der Waals surface area contributed by atoms with Gasteiger partial charge < -0.3 is 20.3 Å². The number of carbonyl (C=O) groups excluding carboxylic acids is 1. The second-order valence-corrected chi connectivity index (χ2v) is 14.4. The van der Waals surface area contributed by atoms with E-state index in [2.05, 4.69) is 62.6 Å². The highest BCUT2D eigenvalue weighted by molar-refractivity contribution is 6.14. The van der Waals surface area contributed by atoms with Crippen LogP contribution >= 0.6 is 0 Å². The van der Waals surface area contributed by atoms with Crippen LogP contribution in [0, 0.1) is 11.3 Å². The highest BCUT2D eigenvalue weighted by Crippen LogP contribution is 2.61. The molecule has 1 spiro atoms. The van der Waals surface area contributed by atoms with Crippen molar-refractivity contribution in [3.8, 4) is 0 Å². The summed E-state index contributed by atoms with van der Waals surface area (Å²) in [5.74, 6) is 0.219. The fourth-order valence-electron chi connectivity index (χ4n) is 9.95. The Morgan fingerprint density at radius 1 is 1.00 bits per heavy atom. The second-order valence-electron chi connectivity index (χ2n) is 14.4. The van der Waals surface area contributed by atoms with Crippen molar-refractivity contribution in [2.75, 3.05) is 31.5 Å². The highest BCUT2D eigenvalue weighted by Gasteiger charge is 2.65. The van der Waals surface area contributed by atoms with Crippen molar-refractivity contribution in [2.45, 2.75) is 88.8 Å². The molecule has 6 heterocycles. The van der Waals surface area contributed by atoms with Gasteiger partial charge in [0.1, 0.15) is 0 Å². The Morgan fingerprint density at radius 2 is 1.82 bits per heavy atom. The van der Waals surface area contributed by atoms with Gasteiger partial charge >= 0.3 is 0 Å². The molecule has 4 aliphatic heterocycles. The standard InChI is InChI=1S/C38H47N5O2/c1-26(44)40-32-15-12-14-28-29-16-19-39-34(35(29)41-33(28)32)30-24-38(45)18-9-5-2-3-6-10-20-42-22-17-31(30)37(25-42)23-27-13-8-4-7-11-21-43(27)36(37)38/h2,5,8,12-16,19,24,27,31,36,41,45H,3-4,6-7,9-11,17-18,20-23,25H2,1H3,(H,40,44)/b5-2-,13-8-/t27-,31-,36+,37-,38-/m0/s1. The summed E-state index contributed by atoms with van der Waals surface area (Å²) in [5, 5.41) is 18.4. The van der Waals surface area contributed by atoms with E-state index in [1.807, 2.05) is 18.3 Å². The molecule has 6 atom stereocenters. The number of hydrogen-bond donors (Lipinski definition) is 3. The number of aromatic amines is 1. The summed E-state index contributed by atoms with van der Waals surface area (Å²) in [7, 11) is 0. The summed E-state index contributed by atoms with van der Waals surface area (Å²) in [6.07, 6.45) is 24.6. The maximum atomic E-state index is 13.2. The molecular formula is C38H47N5O2. The maximum absolute atomic E-state index is 13.2. The number of H-pyrrole nitrogens is 1. The number of para-hydroxylation sites is 1. The van der Waals surface area contributed by atoms with Crippen molar-refractivity contribution in [1.82, 2.24) is 19.8 Å². The van der Waals surface area contributed by atoms with Crippen LogP contribution in [-0.4, -0.2) is 74.6 Å². The number of aromatic nitrogens is 2. The van der Waals surface area contributed by atoms with Gasteiger partial charge in [-0.25, -0.2) is 0 Å². The van der Waals surface area contributed by atoms with Gasteiger partial charge in [0.2, 0.25) is 5.91 Å². The smallest absolute Gasteiger partial charge is 0.221 e. The van der Waals surface area contributed by atoms with E-state index in [4.69, 9.17) is 4.98 Å². The lowest BCUT2D eigenvalue weighted by molar-refractivity contribution is -0.114. The van der Waals surface area contributed by atoms with Crippen molar-refractivity contribution >= 4 is 39.0 Å². The summed E-state index contributed by atoms with van der Waals surface area (Å²) in [6.45, 7) is 5.85. The number of pyridine rings is 1. The van der Waals surface area contributed by atoms with E-state index >= 15 is 0 Å². The Bertz CT molecular complexity index is 1700. The van der Waals surface area contributed by atoms with Gasteiger partial charge in [-0.05, 0) is 114 Å². The number of rotatable bonds is 2. The van der Waals surface area contributed by atoms with E-state index in [-0.39, 0.29) is 17.4 Å². The van der Waals surface area contributed by atoms with Crippen LogP contribution in [0.3, 0.4) is 0 Å². The second kappa shape index (κ2) is 11.5. The summed E-state index contributed by atoms with van der Waals surface area (Å²) in [6, 6.07) is 8.59. The van der Waals surface area contributed by atoms with Gasteiger partial charge in [0.15, 0.2) is 0 Å². The monoisotopic (exact) mass is 605 g/mol. The normalized spacial score (nSPS) is 35.2. The van der Waals surface area contributed by atoms with Crippen molar-refractivity contribution in [3.05, 3.63) is 66.5 Å². The number of aliphatic hydroxyl groups is 1. The van der Waals surface area contributed by atoms with Crippen LogP contribution < -0.4 is 5.32 Å². The van der Waals surface area contributed by atoms with E-state index in [0.717, 1.165) is 91.5 Å². The van der Waals surface area contributed by atoms with Gasteiger partial charge in [-0.1, -0.05) is 36.4 Å². The van der Waals surface area contributed by atoms with E-state index in [9.17, 15) is 9.90 Å². The molecule has 5 aliphatic rings. The third kappa shape index (κ3) is 4.90. The molecule has 1 aromatic carbocycles. The Morgan fingerprint density at radius 3 is 2.71 bits per heavy atom. The molecule has 236 valence electrons. The fraction of sp³-hybridized carbons (Fsp3) is 0.526. The zero-order valence-electron chi connectivity index (χ0n) is 26.6. The molecule has 45 heavy (non-hydrogen) atoms. The number of carbonyl (C=O) groups is 1. The van der Waals surface area contributed by atoms with Crippen LogP contribution in [0.2, 0.25) is 0 Å². The van der Waals surface area contributed by atoms with Gasteiger partial charge in [0, 0.05) is 41.9 Å². The number of allylic oxidation sites excluding steroid dienone is 4. The van der Waals surface area contributed by atoms with E-state index < -0.39 is 5.60 Å². The molecule has 7 nitrogen and oxygen atoms in total. The Hall–Kier alpha value is -3.26. The quantitative estimate of drug-likeness (QED) is 0.280. The van der Waals surface area contributed by atoms with Crippen LogP contribution in [0.5, 0.6) is 0 Å². The first-order chi connectivity index (χ1) is 22.0. The molecule has 2 aromatic heterocycles. The summed E-state index contributed by atoms with van der Waals surface area (Å²) >= 11 is 0. The average molecular weight is 606 g/mol. The Balaban J connectivity index is 1.34. The molecule has 1 amide bonds. The minimum absolute atomic E-state index is 0.0641. The Kier molecular flexibility index (Phi) is 7.46. The third-order valence-electron chi connectivity index (χ3n) is 11.6. The molecular weight excluding hydrogens is 558 g/mol. The van der Waals surface area contributed by atoms with Crippen molar-refractivity contribution < 1.29 is 9.90 Å². The molecule has 2 saturated heterocycles. The predicted molar refractivity (Wildman–Crippen MR) is 182 cm³/mol. The topological polar surface area (TPSA) is 84.5 Å². The minimum Gasteiger partial charge on any atom is -0.384 e. The molecule has 1 unspecified atom stereocenters. The van der Waals surface area contributed by atoms with E-state index in [1.54, 1.807) is 6.92 Å². The molecule has 0 radical (unpaired) electrons. The number of nitrogens with zero attached hydrogens (tertiary/aromatic N) is 3. The van der Waals surface area contributed by atoms with Crippen LogP contribution in [0.4, 0.5) is 5.69 Å². The molecule has 0 saturated carbocycles. The first-order valence-corrected chi connectivity index (χ1v) is 17.4. The van der Waals surface area contributed by atoms with Gasteiger partial charge in [-0.3, -0.25) is 14.7 Å². The van der Waals surface area contributed by atoms with Crippen LogP contribution in [0.15, 0.2) is 60.8 Å². The van der Waals surface area contributed by atoms with Crippen molar-refractivity contribution in [3.63, 3.8) is 0 Å². The summed E-state index contributed by atoms with van der Waals surface area (Å²) in [5.41, 5.74) is 3.84. The SMILES string of the molecule is CC(=O)Nc1cccc2c1[nH]c1c(C3=C[C@@]4(O)CC/C=C\CCCCN5CC[C@@H]3[C@]3(C[C@@H]6/C=C\CCCCN6[C@H]34)C5)nccc12. The van der Waals surface area contributed by atoms with Gasteiger partial charge in [0.25, 0.3) is 0 Å². The number of anilines is 1. The maximum Gasteiger partial charge on any atom is 0.221 e. The number of nitrogens with one attached hydrogen (secondary N) is 2. The zero-order valence-corrected chi connectivity index (χ0v) is 26.6. The number of hydrogen-bond acceptors (Lipinski definition) is 5. The van der Waals surface area contributed by atoms with Crippen LogP contribution in [-0.2, 0) is 4.79 Å². The predicted octanol–water partition coefficient (Wildman–Crippen LogP) is 6.81. The number of amides is 1. The molecule has 2 fully saturated rings. The first-order valence-electron chi connectivity index (χ1n) is 17.4. The molecule has 3 aromatic rings. The molecule has 7 heteroatoms. The molecule has 3 N–H and O–H groups in total. The fourth-order valence-corrected chi connectivity index (χ4v) is 9.95. The van der Waals surface area contributed by atoms with Gasteiger partial charge in [-0.15, -0.1) is 0 Å². The van der Waals surface area contributed by atoms with Crippen LogP contribution in [0.25, 0.3) is 27.4 Å². The van der Waals surface area contributed by atoms with Gasteiger partial charge in [0.05, 0.1) is 34.1 Å². The number of fused-ring (bicyclic) bond motifs is 5. The molecule has 1 aliphatic carbocycles. The average Bonchev–Trinajstić information content (AvgIpc) is 3.54.